The van der Waals surface area contributed by atoms with Crippen molar-refractivity contribution in [2.75, 3.05) is 5.32 Å². The van der Waals surface area contributed by atoms with Gasteiger partial charge in [0.05, 0.1) is 0 Å². The quantitative estimate of drug-likeness (QED) is 0.652. The minimum Gasteiger partial charge on any atom is -0.481 e. The van der Waals surface area contributed by atoms with Gasteiger partial charge in [0.25, 0.3) is 0 Å². The second kappa shape index (κ2) is 7.35. The molecule has 120 valence electrons. The molecule has 0 fully saturated rings. The number of carbonyl (C=O) groups is 1. The monoisotopic (exact) mass is 315 g/mol. The molecule has 1 aromatic heterocycles. The molecule has 0 saturated carbocycles. The average Bonchev–Trinajstić information content (AvgIpc) is 2.54. The van der Waals surface area contributed by atoms with E-state index in [9.17, 15) is 14.9 Å². The predicted octanol–water partition coefficient (Wildman–Crippen LogP) is 3.23. The summed E-state index contributed by atoms with van der Waals surface area (Å²) in [5.74, 6) is -0.349. The highest BCUT2D eigenvalue weighted by molar-refractivity contribution is 5.91. The van der Waals surface area contributed by atoms with Crippen molar-refractivity contribution in [3.8, 4) is 5.75 Å². The van der Waals surface area contributed by atoms with Crippen molar-refractivity contribution in [3.63, 3.8) is 0 Å². The summed E-state index contributed by atoms with van der Waals surface area (Å²) in [6.07, 6.45) is 1.70. The Bertz CT molecular complexity index is 731. The normalized spacial score (nSPS) is 10.2. The SMILES string of the molecule is CCC(=O)Nc1cccc(C)c1COc1cccnc1[N+](=O)[O-]. The Hall–Kier alpha value is -2.96. The maximum Gasteiger partial charge on any atom is 0.406 e. The van der Waals surface area contributed by atoms with Crippen molar-refractivity contribution in [3.05, 3.63) is 57.8 Å². The first kappa shape index (κ1) is 16.4. The number of aromatic nitrogens is 1. The lowest BCUT2D eigenvalue weighted by atomic mass is 10.1. The van der Waals surface area contributed by atoms with Gasteiger partial charge in [0, 0.05) is 17.7 Å². The number of amides is 1. The van der Waals surface area contributed by atoms with Crippen LogP contribution in [0.25, 0.3) is 0 Å². The molecule has 2 rings (SSSR count). The fraction of sp³-hybridized carbons (Fsp3) is 0.250. The van der Waals surface area contributed by atoms with Crippen LogP contribution in [-0.2, 0) is 11.4 Å². The van der Waals surface area contributed by atoms with E-state index in [0.717, 1.165) is 11.1 Å². The molecule has 0 spiro atoms. The number of ether oxygens (including phenoxy) is 1. The summed E-state index contributed by atoms with van der Waals surface area (Å²) in [6, 6.07) is 8.55. The van der Waals surface area contributed by atoms with Crippen molar-refractivity contribution in [1.82, 2.24) is 4.98 Å². The lowest BCUT2D eigenvalue weighted by Crippen LogP contribution is -2.13. The molecule has 0 aliphatic carbocycles. The van der Waals surface area contributed by atoms with Crippen LogP contribution in [0.2, 0.25) is 0 Å². The largest absolute Gasteiger partial charge is 0.481 e. The minimum absolute atomic E-state index is 0.0912. The molecule has 0 saturated heterocycles. The van der Waals surface area contributed by atoms with E-state index in [1.165, 1.54) is 12.3 Å². The van der Waals surface area contributed by atoms with Crippen LogP contribution < -0.4 is 10.1 Å². The highest BCUT2D eigenvalue weighted by Crippen LogP contribution is 2.26. The molecule has 1 N–H and O–H groups in total. The minimum atomic E-state index is -0.590. The van der Waals surface area contributed by atoms with Gasteiger partial charge in [-0.3, -0.25) is 4.79 Å². The lowest BCUT2D eigenvalue weighted by Gasteiger charge is -2.14. The lowest BCUT2D eigenvalue weighted by molar-refractivity contribution is -0.390. The van der Waals surface area contributed by atoms with E-state index in [1.54, 1.807) is 19.1 Å². The molecule has 0 bridgehead atoms. The molecule has 1 aromatic carbocycles. The zero-order valence-electron chi connectivity index (χ0n) is 12.9. The molecule has 0 atom stereocenters. The highest BCUT2D eigenvalue weighted by atomic mass is 16.6. The van der Waals surface area contributed by atoms with Gasteiger partial charge in [-0.2, -0.15) is 0 Å². The van der Waals surface area contributed by atoms with Crippen LogP contribution in [-0.4, -0.2) is 15.8 Å². The first-order valence-corrected chi connectivity index (χ1v) is 7.13. The van der Waals surface area contributed by atoms with Crippen LogP contribution in [0.15, 0.2) is 36.5 Å². The van der Waals surface area contributed by atoms with Crippen LogP contribution in [0.5, 0.6) is 5.75 Å². The fourth-order valence-corrected chi connectivity index (χ4v) is 2.03. The number of hydrogen-bond acceptors (Lipinski definition) is 5. The topological polar surface area (TPSA) is 94.4 Å². The third kappa shape index (κ3) is 4.03. The molecule has 1 heterocycles. The predicted molar refractivity (Wildman–Crippen MR) is 85.3 cm³/mol. The van der Waals surface area contributed by atoms with Crippen LogP contribution >= 0.6 is 0 Å². The first-order valence-electron chi connectivity index (χ1n) is 7.13. The van der Waals surface area contributed by atoms with Crippen molar-refractivity contribution >= 4 is 17.4 Å². The second-order valence-corrected chi connectivity index (χ2v) is 4.87. The summed E-state index contributed by atoms with van der Waals surface area (Å²) in [7, 11) is 0. The smallest absolute Gasteiger partial charge is 0.406 e. The van der Waals surface area contributed by atoms with Crippen LogP contribution in [0.4, 0.5) is 11.5 Å². The number of pyridine rings is 1. The Morgan fingerprint density at radius 1 is 1.35 bits per heavy atom. The molecular weight excluding hydrogens is 298 g/mol. The van der Waals surface area contributed by atoms with Crippen molar-refractivity contribution in [1.29, 1.82) is 0 Å². The maximum atomic E-state index is 11.6. The van der Waals surface area contributed by atoms with Crippen LogP contribution in [0.1, 0.15) is 24.5 Å². The van der Waals surface area contributed by atoms with E-state index in [4.69, 9.17) is 4.74 Å². The molecule has 0 aliphatic rings. The van der Waals surface area contributed by atoms with Crippen molar-refractivity contribution in [2.45, 2.75) is 26.9 Å². The number of carbonyl (C=O) groups excluding carboxylic acids is 1. The van der Waals surface area contributed by atoms with Gasteiger partial charge >= 0.3 is 5.82 Å². The summed E-state index contributed by atoms with van der Waals surface area (Å²) >= 11 is 0. The summed E-state index contributed by atoms with van der Waals surface area (Å²) in [6.45, 7) is 3.75. The second-order valence-electron chi connectivity index (χ2n) is 4.87. The fourth-order valence-electron chi connectivity index (χ4n) is 2.03. The Labute approximate surface area is 133 Å². The van der Waals surface area contributed by atoms with E-state index in [-0.39, 0.29) is 24.1 Å². The Morgan fingerprint density at radius 2 is 2.13 bits per heavy atom. The molecule has 7 heteroatoms. The summed E-state index contributed by atoms with van der Waals surface area (Å²) in [5.41, 5.74) is 2.33. The summed E-state index contributed by atoms with van der Waals surface area (Å²) in [4.78, 5) is 25.7. The third-order valence-electron chi connectivity index (χ3n) is 3.30. The van der Waals surface area contributed by atoms with Gasteiger partial charge in [-0.05, 0) is 40.6 Å². The number of nitrogens with one attached hydrogen (secondary N) is 1. The molecule has 1 amide bonds. The summed E-state index contributed by atoms with van der Waals surface area (Å²) in [5, 5.41) is 13.8. The van der Waals surface area contributed by atoms with Crippen LogP contribution in [0.3, 0.4) is 0 Å². The molecule has 0 unspecified atom stereocenters. The molecule has 2 aromatic rings. The van der Waals surface area contributed by atoms with Gasteiger partial charge in [-0.25, -0.2) is 0 Å². The van der Waals surface area contributed by atoms with E-state index in [1.807, 2.05) is 19.1 Å². The van der Waals surface area contributed by atoms with E-state index in [0.29, 0.717) is 12.1 Å². The number of anilines is 1. The number of nitro groups is 1. The van der Waals surface area contributed by atoms with Crippen molar-refractivity contribution in [2.24, 2.45) is 0 Å². The number of nitrogens with zero attached hydrogens (tertiary/aromatic N) is 2. The standard InChI is InChI=1S/C16H17N3O4/c1-3-15(20)18-13-7-4-6-11(2)12(13)10-23-14-8-5-9-17-16(14)19(21)22/h4-9H,3,10H2,1-2H3,(H,18,20). The van der Waals surface area contributed by atoms with Gasteiger partial charge in [-0.1, -0.05) is 19.1 Å². The van der Waals surface area contributed by atoms with Gasteiger partial charge in [0.2, 0.25) is 11.7 Å². The summed E-state index contributed by atoms with van der Waals surface area (Å²) < 4.78 is 5.57. The number of aryl methyl sites for hydroxylation is 1. The van der Waals surface area contributed by atoms with Gasteiger partial charge in [-0.15, -0.1) is 0 Å². The van der Waals surface area contributed by atoms with Crippen LogP contribution in [0, 0.1) is 17.0 Å². The van der Waals surface area contributed by atoms with E-state index < -0.39 is 4.92 Å². The Balaban J connectivity index is 2.24. The Morgan fingerprint density at radius 3 is 2.83 bits per heavy atom. The van der Waals surface area contributed by atoms with Crippen molar-refractivity contribution < 1.29 is 14.5 Å². The number of benzene rings is 1. The van der Waals surface area contributed by atoms with Gasteiger partial charge < -0.3 is 20.2 Å². The number of hydrogen-bond donors (Lipinski definition) is 1. The maximum absolute atomic E-state index is 11.6. The molecule has 0 aliphatic heterocycles. The third-order valence-corrected chi connectivity index (χ3v) is 3.30. The first-order chi connectivity index (χ1) is 11.0. The zero-order chi connectivity index (χ0) is 16.8. The zero-order valence-corrected chi connectivity index (χ0v) is 12.9. The van der Waals surface area contributed by atoms with Gasteiger partial charge in [0.1, 0.15) is 12.8 Å². The highest BCUT2D eigenvalue weighted by Gasteiger charge is 2.17. The van der Waals surface area contributed by atoms with Gasteiger partial charge in [0.15, 0.2) is 0 Å². The average molecular weight is 315 g/mol. The molecular formula is C16H17N3O4. The van der Waals surface area contributed by atoms with E-state index in [2.05, 4.69) is 10.3 Å². The molecule has 0 radical (unpaired) electrons. The number of rotatable bonds is 6. The Kier molecular flexibility index (Phi) is 5.24. The molecule has 7 nitrogen and oxygen atoms in total. The van der Waals surface area contributed by atoms with E-state index >= 15 is 0 Å². The molecule has 23 heavy (non-hydrogen) atoms.